The Kier molecular flexibility index (Phi) is 1.05. The molecule has 1 aromatic rings. The van der Waals surface area contributed by atoms with Crippen molar-refractivity contribution in [2.45, 2.75) is 23.8 Å². The second-order valence-electron chi connectivity index (χ2n) is 2.41. The van der Waals surface area contributed by atoms with Crippen molar-refractivity contribution in [3.05, 3.63) is 12.4 Å². The van der Waals surface area contributed by atoms with E-state index in [2.05, 4.69) is 17.7 Å². The Hall–Kier alpha value is -0.440. The molecule has 0 spiro atoms. The fraction of sp³-hybridized carbons (Fsp3) is 0.500. The number of thiol groups is 1. The number of nitrogens with zero attached hydrogens (tertiary/aromatic N) is 2. The highest BCUT2D eigenvalue weighted by molar-refractivity contribution is 7.80. The first kappa shape index (κ1) is 5.35. The van der Waals surface area contributed by atoms with E-state index in [0.29, 0.717) is 6.04 Å². The van der Waals surface area contributed by atoms with E-state index in [-0.39, 0.29) is 0 Å². The lowest BCUT2D eigenvalue weighted by atomic mass is 10.7. The molecule has 9 heavy (non-hydrogen) atoms. The molecule has 2 rings (SSSR count). The summed E-state index contributed by atoms with van der Waals surface area (Å²) in [4.78, 5) is 0.960. The van der Waals surface area contributed by atoms with E-state index in [9.17, 15) is 0 Å². The SMILES string of the molecule is Sc1cnn(C2CC2)c1. The molecule has 1 aliphatic carbocycles. The van der Waals surface area contributed by atoms with Crippen LogP contribution in [0.15, 0.2) is 17.3 Å². The van der Waals surface area contributed by atoms with E-state index >= 15 is 0 Å². The lowest BCUT2D eigenvalue weighted by Crippen LogP contribution is -1.91. The van der Waals surface area contributed by atoms with E-state index in [0.717, 1.165) is 4.90 Å². The molecule has 0 amide bonds. The topological polar surface area (TPSA) is 17.8 Å². The van der Waals surface area contributed by atoms with Gasteiger partial charge in [0, 0.05) is 11.1 Å². The Morgan fingerprint density at radius 1 is 1.67 bits per heavy atom. The predicted octanol–water partition coefficient (Wildman–Crippen LogP) is 1.51. The summed E-state index contributed by atoms with van der Waals surface area (Å²) >= 11 is 4.14. The molecule has 0 bridgehead atoms. The Labute approximate surface area is 59.3 Å². The van der Waals surface area contributed by atoms with Crippen LogP contribution in [0.1, 0.15) is 18.9 Å². The number of hydrogen-bond acceptors (Lipinski definition) is 2. The van der Waals surface area contributed by atoms with E-state index in [1.54, 1.807) is 6.20 Å². The fourth-order valence-electron chi connectivity index (χ4n) is 0.867. The highest BCUT2D eigenvalue weighted by atomic mass is 32.1. The van der Waals surface area contributed by atoms with Crippen LogP contribution < -0.4 is 0 Å². The molecule has 1 saturated carbocycles. The average Bonchev–Trinajstić information content (AvgIpc) is 2.58. The van der Waals surface area contributed by atoms with Crippen molar-refractivity contribution in [1.82, 2.24) is 9.78 Å². The number of hydrogen-bond donors (Lipinski definition) is 1. The normalized spacial score (nSPS) is 18.3. The molecule has 1 heterocycles. The number of rotatable bonds is 1. The van der Waals surface area contributed by atoms with Gasteiger partial charge in [-0.2, -0.15) is 5.10 Å². The van der Waals surface area contributed by atoms with Crippen LogP contribution in [-0.4, -0.2) is 9.78 Å². The molecule has 48 valence electrons. The molecule has 0 unspecified atom stereocenters. The third kappa shape index (κ3) is 0.965. The Morgan fingerprint density at radius 2 is 2.44 bits per heavy atom. The maximum absolute atomic E-state index is 4.14. The molecular formula is C6H8N2S. The van der Waals surface area contributed by atoms with Gasteiger partial charge in [-0.3, -0.25) is 4.68 Å². The van der Waals surface area contributed by atoms with Gasteiger partial charge >= 0.3 is 0 Å². The molecular weight excluding hydrogens is 132 g/mol. The van der Waals surface area contributed by atoms with Crippen molar-refractivity contribution < 1.29 is 0 Å². The molecule has 0 N–H and O–H groups in total. The zero-order valence-electron chi connectivity index (χ0n) is 4.99. The largest absolute Gasteiger partial charge is 0.269 e. The Bertz CT molecular complexity index is 215. The molecule has 0 aromatic carbocycles. The molecule has 0 saturated heterocycles. The minimum absolute atomic E-state index is 0.686. The maximum Gasteiger partial charge on any atom is 0.0623 e. The molecule has 1 aliphatic rings. The Morgan fingerprint density at radius 3 is 2.89 bits per heavy atom. The van der Waals surface area contributed by atoms with Gasteiger partial charge in [-0.1, -0.05) is 0 Å². The second kappa shape index (κ2) is 1.77. The highest BCUT2D eigenvalue weighted by Gasteiger charge is 2.23. The van der Waals surface area contributed by atoms with E-state index in [1.807, 2.05) is 10.9 Å². The summed E-state index contributed by atoms with van der Waals surface area (Å²) in [5, 5.41) is 4.12. The van der Waals surface area contributed by atoms with Gasteiger partial charge < -0.3 is 0 Å². The second-order valence-corrected chi connectivity index (χ2v) is 2.93. The van der Waals surface area contributed by atoms with Crippen LogP contribution in [0.2, 0.25) is 0 Å². The van der Waals surface area contributed by atoms with Crippen molar-refractivity contribution in [3.63, 3.8) is 0 Å². The molecule has 0 radical (unpaired) electrons. The van der Waals surface area contributed by atoms with Crippen molar-refractivity contribution in [2.24, 2.45) is 0 Å². The van der Waals surface area contributed by atoms with Crippen LogP contribution >= 0.6 is 12.6 Å². The summed E-state index contributed by atoms with van der Waals surface area (Å²) in [5.74, 6) is 0. The van der Waals surface area contributed by atoms with Crippen LogP contribution in [0.4, 0.5) is 0 Å². The van der Waals surface area contributed by atoms with Gasteiger partial charge in [0.1, 0.15) is 0 Å². The van der Waals surface area contributed by atoms with Gasteiger partial charge in [-0.05, 0) is 12.8 Å². The van der Waals surface area contributed by atoms with Gasteiger partial charge in [0.05, 0.1) is 12.2 Å². The molecule has 1 fully saturated rings. The lowest BCUT2D eigenvalue weighted by Gasteiger charge is -1.91. The van der Waals surface area contributed by atoms with Crippen LogP contribution in [0.5, 0.6) is 0 Å². The summed E-state index contributed by atoms with van der Waals surface area (Å²) in [5.41, 5.74) is 0. The first-order valence-corrected chi connectivity index (χ1v) is 3.54. The van der Waals surface area contributed by atoms with Gasteiger partial charge in [0.25, 0.3) is 0 Å². The molecule has 1 aromatic heterocycles. The first-order chi connectivity index (χ1) is 4.36. The standard InChI is InChI=1S/C6H8N2S/c9-6-3-7-8(4-6)5-1-2-5/h3-5,9H,1-2H2. The summed E-state index contributed by atoms with van der Waals surface area (Å²) in [6, 6.07) is 0.686. The van der Waals surface area contributed by atoms with Gasteiger partial charge in [-0.15, -0.1) is 12.6 Å². The highest BCUT2D eigenvalue weighted by Crippen LogP contribution is 2.34. The molecule has 3 heteroatoms. The molecule has 0 atom stereocenters. The summed E-state index contributed by atoms with van der Waals surface area (Å²) in [6.07, 6.45) is 6.33. The maximum atomic E-state index is 4.14. The minimum atomic E-state index is 0.686. The average molecular weight is 140 g/mol. The Balaban J connectivity index is 2.28. The van der Waals surface area contributed by atoms with E-state index in [4.69, 9.17) is 0 Å². The third-order valence-corrected chi connectivity index (χ3v) is 1.74. The number of aromatic nitrogens is 2. The van der Waals surface area contributed by atoms with Crippen molar-refractivity contribution in [1.29, 1.82) is 0 Å². The summed E-state index contributed by atoms with van der Waals surface area (Å²) in [6.45, 7) is 0. The smallest absolute Gasteiger partial charge is 0.0623 e. The zero-order valence-corrected chi connectivity index (χ0v) is 5.88. The van der Waals surface area contributed by atoms with Crippen molar-refractivity contribution in [3.8, 4) is 0 Å². The summed E-state index contributed by atoms with van der Waals surface area (Å²) in [7, 11) is 0. The van der Waals surface area contributed by atoms with Gasteiger partial charge in [0.15, 0.2) is 0 Å². The quantitative estimate of drug-likeness (QED) is 0.585. The third-order valence-electron chi connectivity index (χ3n) is 1.51. The monoisotopic (exact) mass is 140 g/mol. The summed E-state index contributed by atoms with van der Waals surface area (Å²) < 4.78 is 1.99. The van der Waals surface area contributed by atoms with Crippen LogP contribution in [0, 0.1) is 0 Å². The van der Waals surface area contributed by atoms with Crippen LogP contribution in [0.3, 0.4) is 0 Å². The van der Waals surface area contributed by atoms with Gasteiger partial charge in [0.2, 0.25) is 0 Å². The van der Waals surface area contributed by atoms with E-state index in [1.165, 1.54) is 12.8 Å². The minimum Gasteiger partial charge on any atom is -0.269 e. The van der Waals surface area contributed by atoms with E-state index < -0.39 is 0 Å². The molecule has 2 nitrogen and oxygen atoms in total. The van der Waals surface area contributed by atoms with Crippen molar-refractivity contribution in [2.75, 3.05) is 0 Å². The lowest BCUT2D eigenvalue weighted by molar-refractivity contribution is 0.640. The van der Waals surface area contributed by atoms with Crippen molar-refractivity contribution >= 4 is 12.6 Å². The van der Waals surface area contributed by atoms with Crippen LogP contribution in [-0.2, 0) is 0 Å². The van der Waals surface area contributed by atoms with Crippen LogP contribution in [0.25, 0.3) is 0 Å². The molecule has 0 aliphatic heterocycles. The first-order valence-electron chi connectivity index (χ1n) is 3.09. The predicted molar refractivity (Wildman–Crippen MR) is 37.8 cm³/mol. The zero-order chi connectivity index (χ0) is 6.27. The van der Waals surface area contributed by atoms with Gasteiger partial charge in [-0.25, -0.2) is 0 Å². The fourth-order valence-corrected chi connectivity index (χ4v) is 1.04.